The number of rotatable bonds is 9. The molecular formula is C19H30ClN3O5. The minimum Gasteiger partial charge on any atom is -0.497 e. The molecule has 8 nitrogen and oxygen atoms in total. The van der Waals surface area contributed by atoms with Gasteiger partial charge in [0.25, 0.3) is 0 Å². The molecule has 158 valence electrons. The lowest BCUT2D eigenvalue weighted by Gasteiger charge is -2.28. The van der Waals surface area contributed by atoms with E-state index in [1.807, 2.05) is 0 Å². The average Bonchev–Trinajstić information content (AvgIpc) is 2.67. The van der Waals surface area contributed by atoms with E-state index in [4.69, 9.17) is 19.9 Å². The first-order chi connectivity index (χ1) is 13.0. The van der Waals surface area contributed by atoms with Gasteiger partial charge in [0.2, 0.25) is 11.8 Å². The Hall–Kier alpha value is -2.03. The first-order valence-corrected chi connectivity index (χ1v) is 9.14. The van der Waals surface area contributed by atoms with Crippen LogP contribution in [0.1, 0.15) is 25.7 Å². The van der Waals surface area contributed by atoms with Crippen LogP contribution in [0.2, 0.25) is 0 Å². The highest BCUT2D eigenvalue weighted by Gasteiger charge is 2.27. The highest BCUT2D eigenvalue weighted by atomic mass is 35.5. The number of halogens is 1. The van der Waals surface area contributed by atoms with Crippen LogP contribution >= 0.6 is 12.4 Å². The molecule has 0 radical (unpaired) electrons. The molecule has 0 aliphatic heterocycles. The molecule has 1 fully saturated rings. The van der Waals surface area contributed by atoms with Gasteiger partial charge in [0, 0.05) is 25.1 Å². The average molecular weight is 416 g/mol. The maximum atomic E-state index is 12.5. The van der Waals surface area contributed by atoms with E-state index >= 15 is 0 Å². The zero-order chi connectivity index (χ0) is 19.6. The van der Waals surface area contributed by atoms with Gasteiger partial charge in [-0.2, -0.15) is 0 Å². The van der Waals surface area contributed by atoms with E-state index in [-0.39, 0.29) is 42.8 Å². The Balaban J connectivity index is 0.00000392. The highest BCUT2D eigenvalue weighted by molar-refractivity contribution is 5.95. The SMILES string of the molecule is COCCOCC(=O)NC1CCC(C(=O)Nc2cc(OC)ccc2N)CC1.Cl. The van der Waals surface area contributed by atoms with E-state index in [2.05, 4.69) is 10.6 Å². The summed E-state index contributed by atoms with van der Waals surface area (Å²) in [4.78, 5) is 24.4. The van der Waals surface area contributed by atoms with Crippen LogP contribution < -0.4 is 21.1 Å². The third-order valence-corrected chi connectivity index (χ3v) is 4.65. The number of benzene rings is 1. The summed E-state index contributed by atoms with van der Waals surface area (Å²) in [5.41, 5.74) is 6.98. The van der Waals surface area contributed by atoms with Crippen LogP contribution in [0, 0.1) is 5.92 Å². The standard InChI is InChI=1S/C19H29N3O5.ClH/c1-25-9-10-27-12-18(23)21-14-5-3-13(4-6-14)19(24)22-17-11-15(26-2)7-8-16(17)20;/h7-8,11,13-14H,3-6,9-10,12,20H2,1-2H3,(H,21,23)(H,22,24);1H. The number of anilines is 2. The Labute approximate surface area is 171 Å². The van der Waals surface area contributed by atoms with Crippen LogP contribution in [0.15, 0.2) is 18.2 Å². The normalized spacial score (nSPS) is 18.6. The van der Waals surface area contributed by atoms with E-state index < -0.39 is 0 Å². The minimum absolute atomic E-state index is 0. The molecule has 1 aliphatic rings. The zero-order valence-electron chi connectivity index (χ0n) is 16.4. The van der Waals surface area contributed by atoms with E-state index in [9.17, 15) is 9.59 Å². The third kappa shape index (κ3) is 7.53. The Morgan fingerprint density at radius 3 is 2.50 bits per heavy atom. The molecule has 0 aromatic heterocycles. The number of hydrogen-bond acceptors (Lipinski definition) is 6. The number of carbonyl (C=O) groups is 2. The monoisotopic (exact) mass is 415 g/mol. The summed E-state index contributed by atoms with van der Waals surface area (Å²) < 4.78 is 15.2. The van der Waals surface area contributed by atoms with Gasteiger partial charge >= 0.3 is 0 Å². The van der Waals surface area contributed by atoms with Gasteiger partial charge in [0.1, 0.15) is 12.4 Å². The van der Waals surface area contributed by atoms with Gasteiger partial charge in [-0.3, -0.25) is 9.59 Å². The first-order valence-electron chi connectivity index (χ1n) is 9.14. The lowest BCUT2D eigenvalue weighted by atomic mass is 9.85. The zero-order valence-corrected chi connectivity index (χ0v) is 17.2. The van der Waals surface area contributed by atoms with Crippen molar-refractivity contribution in [3.63, 3.8) is 0 Å². The van der Waals surface area contributed by atoms with Crippen molar-refractivity contribution in [2.24, 2.45) is 5.92 Å². The maximum Gasteiger partial charge on any atom is 0.246 e. The number of nitrogens with two attached hydrogens (primary N) is 1. The summed E-state index contributed by atoms with van der Waals surface area (Å²) in [6, 6.07) is 5.24. The Bertz CT molecular complexity index is 636. The molecule has 4 N–H and O–H groups in total. The molecule has 0 saturated heterocycles. The first kappa shape index (κ1) is 24.0. The van der Waals surface area contributed by atoms with Crippen molar-refractivity contribution < 1.29 is 23.8 Å². The molecule has 9 heteroatoms. The summed E-state index contributed by atoms with van der Waals surface area (Å²) in [5, 5.41) is 5.84. The van der Waals surface area contributed by atoms with Crippen molar-refractivity contribution >= 4 is 35.6 Å². The molecule has 0 atom stereocenters. The second-order valence-corrected chi connectivity index (χ2v) is 6.60. The molecule has 0 unspecified atom stereocenters. The molecule has 2 amide bonds. The van der Waals surface area contributed by atoms with E-state index in [1.165, 1.54) is 0 Å². The van der Waals surface area contributed by atoms with Crippen LogP contribution in [0.4, 0.5) is 11.4 Å². The summed E-state index contributed by atoms with van der Waals surface area (Å²) in [7, 11) is 3.15. The van der Waals surface area contributed by atoms with Crippen molar-refractivity contribution in [2.45, 2.75) is 31.7 Å². The fraction of sp³-hybridized carbons (Fsp3) is 0.579. The van der Waals surface area contributed by atoms with Gasteiger partial charge in [-0.25, -0.2) is 0 Å². The summed E-state index contributed by atoms with van der Waals surface area (Å²) >= 11 is 0. The highest BCUT2D eigenvalue weighted by Crippen LogP contribution is 2.28. The molecule has 0 bridgehead atoms. The van der Waals surface area contributed by atoms with E-state index in [0.29, 0.717) is 43.2 Å². The van der Waals surface area contributed by atoms with Gasteiger partial charge in [0.05, 0.1) is 31.7 Å². The van der Waals surface area contributed by atoms with Gasteiger partial charge in [-0.1, -0.05) is 0 Å². The molecule has 2 rings (SSSR count). The van der Waals surface area contributed by atoms with Gasteiger partial charge in [-0.05, 0) is 37.8 Å². The van der Waals surface area contributed by atoms with Gasteiger partial charge in [0.15, 0.2) is 0 Å². The van der Waals surface area contributed by atoms with Gasteiger partial charge < -0.3 is 30.6 Å². The largest absolute Gasteiger partial charge is 0.497 e. The predicted molar refractivity (Wildman–Crippen MR) is 110 cm³/mol. The second kappa shape index (κ2) is 12.4. The molecule has 28 heavy (non-hydrogen) atoms. The number of nitrogens with one attached hydrogen (secondary N) is 2. The molecule has 1 saturated carbocycles. The third-order valence-electron chi connectivity index (χ3n) is 4.65. The van der Waals surface area contributed by atoms with E-state index in [1.54, 1.807) is 32.4 Å². The summed E-state index contributed by atoms with van der Waals surface area (Å²) in [6.45, 7) is 0.883. The molecular weight excluding hydrogens is 386 g/mol. The lowest BCUT2D eigenvalue weighted by molar-refractivity contribution is -0.127. The molecule has 1 aromatic carbocycles. The number of amides is 2. The molecule has 0 heterocycles. The smallest absolute Gasteiger partial charge is 0.246 e. The number of methoxy groups -OCH3 is 2. The minimum atomic E-state index is -0.136. The van der Waals surface area contributed by atoms with E-state index in [0.717, 1.165) is 12.8 Å². The Morgan fingerprint density at radius 2 is 1.86 bits per heavy atom. The topological polar surface area (TPSA) is 112 Å². The van der Waals surface area contributed by atoms with Crippen LogP contribution in [0.5, 0.6) is 5.75 Å². The fourth-order valence-corrected chi connectivity index (χ4v) is 3.08. The van der Waals surface area contributed by atoms with Crippen LogP contribution in [-0.2, 0) is 19.1 Å². The molecule has 1 aromatic rings. The number of nitrogen functional groups attached to an aromatic ring is 1. The Morgan fingerprint density at radius 1 is 1.14 bits per heavy atom. The molecule has 0 spiro atoms. The predicted octanol–water partition coefficient (Wildman–Crippen LogP) is 1.98. The second-order valence-electron chi connectivity index (χ2n) is 6.60. The Kier molecular flexibility index (Phi) is 10.7. The van der Waals surface area contributed by atoms with Crippen molar-refractivity contribution in [3.05, 3.63) is 18.2 Å². The number of ether oxygens (including phenoxy) is 3. The number of hydrogen-bond donors (Lipinski definition) is 3. The quantitative estimate of drug-likeness (QED) is 0.420. The van der Waals surface area contributed by atoms with Crippen molar-refractivity contribution in [1.29, 1.82) is 0 Å². The molecule has 1 aliphatic carbocycles. The van der Waals surface area contributed by atoms with Crippen LogP contribution in [0.25, 0.3) is 0 Å². The van der Waals surface area contributed by atoms with Gasteiger partial charge in [-0.15, -0.1) is 12.4 Å². The van der Waals surface area contributed by atoms with Crippen LogP contribution in [0.3, 0.4) is 0 Å². The van der Waals surface area contributed by atoms with Crippen molar-refractivity contribution in [2.75, 3.05) is 45.1 Å². The van der Waals surface area contributed by atoms with Crippen molar-refractivity contribution in [3.8, 4) is 5.75 Å². The summed E-state index contributed by atoms with van der Waals surface area (Å²) in [5.74, 6) is 0.353. The van der Waals surface area contributed by atoms with Crippen molar-refractivity contribution in [1.82, 2.24) is 5.32 Å². The maximum absolute atomic E-state index is 12.5. The number of carbonyl (C=O) groups excluding carboxylic acids is 2. The van der Waals surface area contributed by atoms with Crippen LogP contribution in [-0.4, -0.2) is 51.9 Å². The summed E-state index contributed by atoms with van der Waals surface area (Å²) in [6.07, 6.45) is 2.95. The fourth-order valence-electron chi connectivity index (χ4n) is 3.08. The lowest BCUT2D eigenvalue weighted by Crippen LogP contribution is -2.41.